The number of ether oxygens (including phenoxy) is 3. The lowest BCUT2D eigenvalue weighted by Crippen LogP contribution is -2.34. The van der Waals surface area contributed by atoms with E-state index in [2.05, 4.69) is 0 Å². The van der Waals surface area contributed by atoms with E-state index >= 15 is 0 Å². The number of fused-ring (bicyclic) bond motifs is 1. The molecule has 3 rings (SSSR count). The molecule has 116 valence electrons. The van der Waals surface area contributed by atoms with Gasteiger partial charge in [-0.3, -0.25) is 0 Å². The summed E-state index contributed by atoms with van der Waals surface area (Å²) in [6.45, 7) is 0. The Bertz CT molecular complexity index is 670. The molecule has 1 heterocycles. The summed E-state index contributed by atoms with van der Waals surface area (Å²) in [5, 5.41) is 20.8. The van der Waals surface area contributed by atoms with Crippen LogP contribution in [0.1, 0.15) is 23.3 Å². The summed E-state index contributed by atoms with van der Waals surface area (Å²) in [4.78, 5) is 0. The van der Waals surface area contributed by atoms with Gasteiger partial charge in [0.15, 0.2) is 6.10 Å². The maximum absolute atomic E-state index is 10.4. The van der Waals surface area contributed by atoms with Crippen molar-refractivity contribution in [1.82, 2.24) is 0 Å². The van der Waals surface area contributed by atoms with Gasteiger partial charge >= 0.3 is 0 Å². The Morgan fingerprint density at radius 1 is 0.955 bits per heavy atom. The van der Waals surface area contributed by atoms with Crippen molar-refractivity contribution in [2.75, 3.05) is 14.2 Å². The number of hydrogen-bond acceptors (Lipinski definition) is 5. The second kappa shape index (κ2) is 5.87. The number of aliphatic hydroxyl groups excluding tert-OH is 2. The number of rotatable bonds is 3. The van der Waals surface area contributed by atoms with Crippen LogP contribution in [-0.4, -0.2) is 30.5 Å². The molecule has 1 aliphatic heterocycles. The van der Waals surface area contributed by atoms with E-state index in [0.717, 1.165) is 5.56 Å². The predicted octanol–water partition coefficient (Wildman–Crippen LogP) is 2.23. The first kappa shape index (κ1) is 14.7. The van der Waals surface area contributed by atoms with Crippen LogP contribution >= 0.6 is 0 Å². The van der Waals surface area contributed by atoms with Crippen molar-refractivity contribution < 1.29 is 24.4 Å². The molecule has 0 radical (unpaired) electrons. The van der Waals surface area contributed by atoms with Crippen LogP contribution in [0.3, 0.4) is 0 Å². The van der Waals surface area contributed by atoms with Crippen molar-refractivity contribution in [3.05, 3.63) is 53.6 Å². The molecule has 0 saturated heterocycles. The zero-order chi connectivity index (χ0) is 15.7. The number of aliphatic hydroxyl groups is 2. The highest BCUT2D eigenvalue weighted by Crippen LogP contribution is 2.42. The molecular weight excluding hydrogens is 284 g/mol. The summed E-state index contributed by atoms with van der Waals surface area (Å²) in [7, 11) is 3.13. The third-order valence-corrected chi connectivity index (χ3v) is 3.85. The molecule has 5 nitrogen and oxygen atoms in total. The van der Waals surface area contributed by atoms with Crippen LogP contribution < -0.4 is 14.2 Å². The highest BCUT2D eigenvalue weighted by Gasteiger charge is 2.37. The Hall–Kier alpha value is -2.24. The molecule has 5 heteroatoms. The van der Waals surface area contributed by atoms with Crippen LogP contribution in [-0.2, 0) is 0 Å². The fourth-order valence-electron chi connectivity index (χ4n) is 2.63. The van der Waals surface area contributed by atoms with Gasteiger partial charge in [-0.25, -0.2) is 0 Å². The minimum absolute atomic E-state index is 0.519. The summed E-state index contributed by atoms with van der Waals surface area (Å²) in [5.41, 5.74) is 1.26. The number of hydrogen-bond donors (Lipinski definition) is 2. The minimum atomic E-state index is -1.08. The zero-order valence-corrected chi connectivity index (χ0v) is 12.4. The first-order valence-electron chi connectivity index (χ1n) is 6.98. The summed E-state index contributed by atoms with van der Waals surface area (Å²) >= 11 is 0. The monoisotopic (exact) mass is 302 g/mol. The molecule has 0 spiro atoms. The maximum atomic E-state index is 10.4. The molecule has 2 aromatic carbocycles. The first-order valence-corrected chi connectivity index (χ1v) is 6.98. The summed E-state index contributed by atoms with van der Waals surface area (Å²) in [6, 6.07) is 12.4. The highest BCUT2D eigenvalue weighted by molar-refractivity contribution is 5.45. The second-order valence-electron chi connectivity index (χ2n) is 5.15. The van der Waals surface area contributed by atoms with E-state index in [9.17, 15) is 10.2 Å². The van der Waals surface area contributed by atoms with Crippen molar-refractivity contribution in [1.29, 1.82) is 0 Å². The van der Waals surface area contributed by atoms with Crippen molar-refractivity contribution in [2.45, 2.75) is 18.3 Å². The van der Waals surface area contributed by atoms with Gasteiger partial charge in [0.05, 0.1) is 14.2 Å². The van der Waals surface area contributed by atoms with E-state index < -0.39 is 18.3 Å². The van der Waals surface area contributed by atoms with Crippen LogP contribution in [0.4, 0.5) is 0 Å². The van der Waals surface area contributed by atoms with E-state index in [1.54, 1.807) is 38.5 Å². The van der Waals surface area contributed by atoms with Gasteiger partial charge in [0.2, 0.25) is 0 Å². The van der Waals surface area contributed by atoms with E-state index in [1.807, 2.05) is 18.2 Å². The van der Waals surface area contributed by atoms with Gasteiger partial charge in [-0.2, -0.15) is 0 Å². The largest absolute Gasteiger partial charge is 0.497 e. The van der Waals surface area contributed by atoms with Gasteiger partial charge in [-0.05, 0) is 35.9 Å². The van der Waals surface area contributed by atoms with Crippen molar-refractivity contribution >= 4 is 0 Å². The van der Waals surface area contributed by atoms with Crippen LogP contribution in [0.25, 0.3) is 0 Å². The molecule has 2 N–H and O–H groups in total. The molecule has 22 heavy (non-hydrogen) atoms. The van der Waals surface area contributed by atoms with Crippen molar-refractivity contribution in [3.63, 3.8) is 0 Å². The fourth-order valence-corrected chi connectivity index (χ4v) is 2.63. The van der Waals surface area contributed by atoms with Gasteiger partial charge in [0.1, 0.15) is 29.5 Å². The average Bonchev–Trinajstić information content (AvgIpc) is 2.57. The van der Waals surface area contributed by atoms with Gasteiger partial charge in [0, 0.05) is 5.56 Å². The third-order valence-electron chi connectivity index (χ3n) is 3.85. The van der Waals surface area contributed by atoms with Gasteiger partial charge in [-0.1, -0.05) is 12.1 Å². The summed E-state index contributed by atoms with van der Waals surface area (Å²) in [6.07, 6.45) is -2.78. The molecular formula is C17H18O5. The Morgan fingerprint density at radius 2 is 1.68 bits per heavy atom. The Kier molecular flexibility index (Phi) is 3.92. The molecule has 0 amide bonds. The lowest BCUT2D eigenvalue weighted by Gasteiger charge is -2.34. The van der Waals surface area contributed by atoms with Crippen molar-refractivity contribution in [3.8, 4) is 17.2 Å². The topological polar surface area (TPSA) is 68.2 Å². The third kappa shape index (κ3) is 2.49. The van der Waals surface area contributed by atoms with Crippen LogP contribution in [0.15, 0.2) is 42.5 Å². The lowest BCUT2D eigenvalue weighted by atomic mass is 9.92. The maximum Gasteiger partial charge on any atom is 0.153 e. The van der Waals surface area contributed by atoms with Gasteiger partial charge in [0.25, 0.3) is 0 Å². The molecule has 0 aliphatic carbocycles. The van der Waals surface area contributed by atoms with Crippen LogP contribution in [0.2, 0.25) is 0 Å². The smallest absolute Gasteiger partial charge is 0.153 e. The average molecular weight is 302 g/mol. The molecule has 3 atom stereocenters. The lowest BCUT2D eigenvalue weighted by molar-refractivity contribution is -0.0701. The fraction of sp³-hybridized carbons (Fsp3) is 0.294. The molecule has 0 bridgehead atoms. The Labute approximate surface area is 128 Å². The Balaban J connectivity index is 1.98. The van der Waals surface area contributed by atoms with E-state index in [4.69, 9.17) is 14.2 Å². The first-order chi connectivity index (χ1) is 10.6. The van der Waals surface area contributed by atoms with Crippen LogP contribution in [0, 0.1) is 0 Å². The zero-order valence-electron chi connectivity index (χ0n) is 12.4. The van der Waals surface area contributed by atoms with Gasteiger partial charge in [-0.15, -0.1) is 0 Å². The second-order valence-corrected chi connectivity index (χ2v) is 5.15. The standard InChI is InChI=1S/C17H18O5/c1-20-11-5-3-4-10(8-11)17-16(19)15(18)13-9-12(21-2)6-7-14(13)22-17/h3-9,15-19H,1-2H3/t15-,16+,17-/m0/s1. The molecule has 0 saturated carbocycles. The Morgan fingerprint density at radius 3 is 2.41 bits per heavy atom. The number of methoxy groups -OCH3 is 2. The van der Waals surface area contributed by atoms with E-state index in [-0.39, 0.29) is 0 Å². The molecule has 1 aliphatic rings. The molecule has 2 aromatic rings. The highest BCUT2D eigenvalue weighted by atomic mass is 16.5. The van der Waals surface area contributed by atoms with E-state index in [1.165, 1.54) is 0 Å². The van der Waals surface area contributed by atoms with E-state index in [0.29, 0.717) is 22.8 Å². The molecule has 0 fully saturated rings. The SMILES string of the molecule is COc1cccc([C@@H]2Oc3ccc(OC)cc3[C@H](O)[C@H]2O)c1. The van der Waals surface area contributed by atoms with Crippen molar-refractivity contribution in [2.24, 2.45) is 0 Å². The minimum Gasteiger partial charge on any atom is -0.497 e. The number of benzene rings is 2. The quantitative estimate of drug-likeness (QED) is 0.910. The van der Waals surface area contributed by atoms with Crippen LogP contribution in [0.5, 0.6) is 17.2 Å². The normalized spacial score (nSPS) is 23.4. The molecule has 0 aromatic heterocycles. The van der Waals surface area contributed by atoms with Gasteiger partial charge < -0.3 is 24.4 Å². The molecule has 0 unspecified atom stereocenters. The summed E-state index contributed by atoms with van der Waals surface area (Å²) in [5.74, 6) is 1.81. The predicted molar refractivity (Wildman–Crippen MR) is 80.3 cm³/mol. The summed E-state index contributed by atoms with van der Waals surface area (Å²) < 4.78 is 16.2.